The maximum absolute atomic E-state index is 12.6. The summed E-state index contributed by atoms with van der Waals surface area (Å²) >= 11 is 0. The molecule has 1 atom stereocenters. The van der Waals surface area contributed by atoms with Gasteiger partial charge < -0.3 is 4.42 Å². The van der Waals surface area contributed by atoms with Crippen LogP contribution in [0.2, 0.25) is 0 Å². The largest absolute Gasteiger partial charge is 0.440 e. The molecular formula is C23H20N2O2. The number of rotatable bonds is 3. The number of fused-ring (bicyclic) bond motifs is 1. The van der Waals surface area contributed by atoms with E-state index in [1.807, 2.05) is 42.5 Å². The summed E-state index contributed by atoms with van der Waals surface area (Å²) in [5, 5.41) is 0. The van der Waals surface area contributed by atoms with Gasteiger partial charge in [-0.3, -0.25) is 9.79 Å². The Morgan fingerprint density at radius 2 is 1.81 bits per heavy atom. The lowest BCUT2D eigenvalue weighted by Gasteiger charge is -2.29. The summed E-state index contributed by atoms with van der Waals surface area (Å²) in [6, 6.07) is 17.7. The number of para-hydroxylation sites is 2. The molecule has 0 bridgehead atoms. The molecule has 27 heavy (non-hydrogen) atoms. The predicted molar refractivity (Wildman–Crippen MR) is 105 cm³/mol. The lowest BCUT2D eigenvalue weighted by atomic mass is 9.79. The second-order valence-electron chi connectivity index (χ2n) is 7.23. The van der Waals surface area contributed by atoms with Gasteiger partial charge in [0, 0.05) is 24.1 Å². The SMILES string of the molecule is O=C1CCCC2=C1C(c1ccccc1)N=C(Cc1nc3ccccc3o1)C2. The topological polar surface area (TPSA) is 55.5 Å². The molecule has 0 amide bonds. The van der Waals surface area contributed by atoms with Gasteiger partial charge in [-0.1, -0.05) is 48.0 Å². The monoisotopic (exact) mass is 356 g/mol. The second-order valence-corrected chi connectivity index (χ2v) is 7.23. The molecule has 3 aromatic rings. The molecule has 4 heteroatoms. The van der Waals surface area contributed by atoms with E-state index in [1.165, 1.54) is 5.57 Å². The van der Waals surface area contributed by atoms with E-state index in [1.54, 1.807) is 0 Å². The molecule has 1 aliphatic heterocycles. The molecule has 2 heterocycles. The Hall–Kier alpha value is -3.01. The maximum Gasteiger partial charge on any atom is 0.201 e. The third-order valence-electron chi connectivity index (χ3n) is 5.38. The van der Waals surface area contributed by atoms with Crippen LogP contribution in [0.15, 0.2) is 75.2 Å². The van der Waals surface area contributed by atoms with Gasteiger partial charge in [0.15, 0.2) is 11.4 Å². The van der Waals surface area contributed by atoms with Gasteiger partial charge in [0.1, 0.15) is 11.6 Å². The van der Waals surface area contributed by atoms with Crippen LogP contribution < -0.4 is 0 Å². The van der Waals surface area contributed by atoms with Crippen molar-refractivity contribution < 1.29 is 9.21 Å². The summed E-state index contributed by atoms with van der Waals surface area (Å²) in [7, 11) is 0. The molecule has 2 aromatic carbocycles. The third kappa shape index (κ3) is 3.01. The van der Waals surface area contributed by atoms with Crippen LogP contribution in [0.5, 0.6) is 0 Å². The first-order valence-corrected chi connectivity index (χ1v) is 9.48. The second kappa shape index (κ2) is 6.62. The number of oxazole rings is 1. The summed E-state index contributed by atoms with van der Waals surface area (Å²) in [6.45, 7) is 0. The first-order valence-electron chi connectivity index (χ1n) is 9.48. The number of Topliss-reactive ketones (excluding diaryl/α,β-unsaturated/α-hetero) is 1. The van der Waals surface area contributed by atoms with E-state index in [-0.39, 0.29) is 11.8 Å². The number of carbonyl (C=O) groups is 1. The molecule has 5 rings (SSSR count). The van der Waals surface area contributed by atoms with Gasteiger partial charge in [0.05, 0.1) is 6.42 Å². The molecule has 0 saturated carbocycles. The maximum atomic E-state index is 12.6. The molecule has 1 unspecified atom stereocenters. The number of hydrogen-bond donors (Lipinski definition) is 0. The summed E-state index contributed by atoms with van der Waals surface area (Å²) < 4.78 is 5.89. The first kappa shape index (κ1) is 16.2. The molecule has 1 aromatic heterocycles. The van der Waals surface area contributed by atoms with Gasteiger partial charge in [-0.05, 0) is 30.5 Å². The smallest absolute Gasteiger partial charge is 0.201 e. The van der Waals surface area contributed by atoms with Crippen molar-refractivity contribution in [2.24, 2.45) is 4.99 Å². The highest BCUT2D eigenvalue weighted by Gasteiger charge is 2.32. The fourth-order valence-corrected chi connectivity index (χ4v) is 4.15. The Labute approximate surface area is 157 Å². The van der Waals surface area contributed by atoms with Crippen LogP contribution >= 0.6 is 0 Å². The number of hydrogen-bond acceptors (Lipinski definition) is 4. The van der Waals surface area contributed by atoms with Gasteiger partial charge in [-0.2, -0.15) is 0 Å². The van der Waals surface area contributed by atoms with Crippen molar-refractivity contribution >= 4 is 22.6 Å². The molecule has 134 valence electrons. The number of benzene rings is 2. The Balaban J connectivity index is 1.52. The van der Waals surface area contributed by atoms with Gasteiger partial charge in [-0.15, -0.1) is 0 Å². The van der Waals surface area contributed by atoms with E-state index < -0.39 is 0 Å². The van der Waals surface area contributed by atoms with Crippen LogP contribution in [0.25, 0.3) is 11.1 Å². The molecule has 0 spiro atoms. The van der Waals surface area contributed by atoms with Crippen molar-refractivity contribution in [1.29, 1.82) is 0 Å². The van der Waals surface area contributed by atoms with Crippen molar-refractivity contribution in [3.05, 3.63) is 77.2 Å². The Kier molecular flexibility index (Phi) is 3.97. The molecule has 4 nitrogen and oxygen atoms in total. The van der Waals surface area contributed by atoms with E-state index in [9.17, 15) is 4.79 Å². The van der Waals surface area contributed by atoms with E-state index in [0.29, 0.717) is 18.7 Å². The van der Waals surface area contributed by atoms with Crippen molar-refractivity contribution in [2.75, 3.05) is 0 Å². The van der Waals surface area contributed by atoms with E-state index >= 15 is 0 Å². The Morgan fingerprint density at radius 3 is 2.67 bits per heavy atom. The third-order valence-corrected chi connectivity index (χ3v) is 5.38. The number of allylic oxidation sites excluding steroid dienone is 1. The molecule has 2 aliphatic rings. The number of aromatic nitrogens is 1. The van der Waals surface area contributed by atoms with Crippen LogP contribution in [0.4, 0.5) is 0 Å². The van der Waals surface area contributed by atoms with E-state index in [4.69, 9.17) is 9.41 Å². The average Bonchev–Trinajstić information content (AvgIpc) is 3.10. The highest BCUT2D eigenvalue weighted by molar-refractivity contribution is 6.02. The molecule has 1 aliphatic carbocycles. The summed E-state index contributed by atoms with van der Waals surface area (Å²) in [4.78, 5) is 22.2. The van der Waals surface area contributed by atoms with Crippen LogP contribution in [0.1, 0.15) is 43.2 Å². The van der Waals surface area contributed by atoms with Crippen LogP contribution in [-0.2, 0) is 11.2 Å². The zero-order chi connectivity index (χ0) is 18.2. The number of ketones is 1. The van der Waals surface area contributed by atoms with Crippen molar-refractivity contribution in [3.63, 3.8) is 0 Å². The molecular weight excluding hydrogens is 336 g/mol. The van der Waals surface area contributed by atoms with Gasteiger partial charge >= 0.3 is 0 Å². The van der Waals surface area contributed by atoms with E-state index in [2.05, 4.69) is 17.1 Å². The number of nitrogens with zero attached hydrogens (tertiary/aromatic N) is 2. The number of aliphatic imine (C=N–C) groups is 1. The van der Waals surface area contributed by atoms with E-state index in [0.717, 1.165) is 47.2 Å². The minimum atomic E-state index is -0.192. The van der Waals surface area contributed by atoms with Crippen LogP contribution in [0.3, 0.4) is 0 Å². The Morgan fingerprint density at radius 1 is 1.00 bits per heavy atom. The van der Waals surface area contributed by atoms with Gasteiger partial charge in [0.2, 0.25) is 5.89 Å². The quantitative estimate of drug-likeness (QED) is 0.663. The van der Waals surface area contributed by atoms with Crippen molar-refractivity contribution in [1.82, 2.24) is 4.98 Å². The minimum absolute atomic E-state index is 0.192. The normalized spacial score (nSPS) is 19.9. The van der Waals surface area contributed by atoms with Crippen LogP contribution in [-0.4, -0.2) is 16.5 Å². The molecule has 0 N–H and O–H groups in total. The molecule has 0 saturated heterocycles. The average molecular weight is 356 g/mol. The predicted octanol–water partition coefficient (Wildman–Crippen LogP) is 5.01. The fourth-order valence-electron chi connectivity index (χ4n) is 4.15. The zero-order valence-electron chi connectivity index (χ0n) is 15.0. The lowest BCUT2D eigenvalue weighted by Crippen LogP contribution is -2.24. The summed E-state index contributed by atoms with van der Waals surface area (Å²) in [6.07, 6.45) is 3.90. The van der Waals surface area contributed by atoms with Crippen LogP contribution in [0, 0.1) is 0 Å². The molecule has 0 fully saturated rings. The standard InChI is InChI=1S/C23H20N2O2/c26-19-11-6-9-16-13-17(14-21-25-18-10-4-5-12-20(18)27-21)24-23(22(16)19)15-7-2-1-3-8-15/h1-5,7-8,10,12,23H,6,9,11,13-14H2. The first-order chi connectivity index (χ1) is 13.3. The van der Waals surface area contributed by atoms with Gasteiger partial charge in [-0.25, -0.2) is 4.98 Å². The van der Waals surface area contributed by atoms with Gasteiger partial charge in [0.25, 0.3) is 0 Å². The Bertz CT molecular complexity index is 1040. The minimum Gasteiger partial charge on any atom is -0.440 e. The lowest BCUT2D eigenvalue weighted by molar-refractivity contribution is -0.116. The molecule has 0 radical (unpaired) electrons. The summed E-state index contributed by atoms with van der Waals surface area (Å²) in [5.74, 6) is 0.947. The number of dihydropyridines is 1. The highest BCUT2D eigenvalue weighted by atomic mass is 16.3. The zero-order valence-corrected chi connectivity index (χ0v) is 15.0. The highest BCUT2D eigenvalue weighted by Crippen LogP contribution is 2.39. The number of carbonyl (C=O) groups excluding carboxylic acids is 1. The van der Waals surface area contributed by atoms with Crippen molar-refractivity contribution in [2.45, 2.75) is 38.1 Å². The van der Waals surface area contributed by atoms with Crippen molar-refractivity contribution in [3.8, 4) is 0 Å². The summed E-state index contributed by atoms with van der Waals surface area (Å²) in [5.41, 5.74) is 5.97. The fraction of sp³-hybridized carbons (Fsp3) is 0.261.